The Kier molecular flexibility index (Phi) is 5.85. The molecule has 0 bridgehead atoms. The maximum Gasteiger partial charge on any atom is 0.255 e. The minimum absolute atomic E-state index is 0.0637. The fraction of sp³-hybridized carbons (Fsp3) is 0.143. The van der Waals surface area contributed by atoms with E-state index in [2.05, 4.69) is 5.32 Å². The van der Waals surface area contributed by atoms with Gasteiger partial charge in [0.25, 0.3) is 5.91 Å². The summed E-state index contributed by atoms with van der Waals surface area (Å²) in [6.45, 7) is 0.416. The number of amides is 2. The number of carbonyl (C=O) groups excluding carboxylic acids is 2. The third-order valence-electron chi connectivity index (χ3n) is 4.53. The second-order valence-corrected chi connectivity index (χ2v) is 8.30. The summed E-state index contributed by atoms with van der Waals surface area (Å²) in [7, 11) is 0. The molecule has 1 saturated heterocycles. The van der Waals surface area contributed by atoms with Crippen molar-refractivity contribution in [2.24, 2.45) is 0 Å². The first-order chi connectivity index (χ1) is 14.0. The van der Waals surface area contributed by atoms with E-state index in [1.807, 2.05) is 18.2 Å². The zero-order valence-electron chi connectivity index (χ0n) is 15.1. The Balaban J connectivity index is 1.49. The molecule has 148 valence electrons. The molecule has 2 aromatic carbocycles. The van der Waals surface area contributed by atoms with Crippen LogP contribution in [0.4, 0.5) is 5.69 Å². The lowest BCUT2D eigenvalue weighted by atomic mass is 10.1. The van der Waals surface area contributed by atoms with Gasteiger partial charge in [0.15, 0.2) is 0 Å². The summed E-state index contributed by atoms with van der Waals surface area (Å²) in [5.41, 5.74) is 1.89. The Hall–Kier alpha value is -2.41. The van der Waals surface area contributed by atoms with E-state index in [1.54, 1.807) is 59.3 Å². The number of halogens is 2. The molecule has 1 fully saturated rings. The molecule has 1 aromatic heterocycles. The molecular weight excluding hydrogens is 431 g/mol. The highest BCUT2D eigenvalue weighted by molar-refractivity contribution is 8.00. The molecule has 2 amide bonds. The Labute approximate surface area is 182 Å². The highest BCUT2D eigenvalue weighted by Gasteiger charge is 2.33. The first-order valence-corrected chi connectivity index (χ1v) is 10.6. The van der Waals surface area contributed by atoms with Crippen LogP contribution in [0.5, 0.6) is 0 Å². The molecule has 1 unspecified atom stereocenters. The number of hydrogen-bond acceptors (Lipinski definition) is 4. The molecule has 3 aromatic rings. The van der Waals surface area contributed by atoms with E-state index in [1.165, 1.54) is 0 Å². The van der Waals surface area contributed by atoms with Crippen molar-refractivity contribution in [2.75, 3.05) is 11.1 Å². The molecule has 8 heteroatoms. The van der Waals surface area contributed by atoms with Gasteiger partial charge in [0.2, 0.25) is 5.91 Å². The van der Waals surface area contributed by atoms with Gasteiger partial charge in [-0.1, -0.05) is 41.4 Å². The average molecular weight is 447 g/mol. The highest BCUT2D eigenvalue weighted by Crippen LogP contribution is 2.39. The number of rotatable bonds is 5. The first kappa shape index (κ1) is 19.9. The van der Waals surface area contributed by atoms with Gasteiger partial charge in [-0.05, 0) is 42.0 Å². The van der Waals surface area contributed by atoms with Gasteiger partial charge in [0, 0.05) is 5.56 Å². The fourth-order valence-corrected chi connectivity index (χ4v) is 4.60. The lowest BCUT2D eigenvalue weighted by Gasteiger charge is -2.23. The van der Waals surface area contributed by atoms with E-state index in [0.717, 1.165) is 11.3 Å². The summed E-state index contributed by atoms with van der Waals surface area (Å²) < 4.78 is 5.38. The molecule has 0 saturated carbocycles. The van der Waals surface area contributed by atoms with Crippen LogP contribution in [0.15, 0.2) is 65.3 Å². The van der Waals surface area contributed by atoms with Crippen LogP contribution in [0.2, 0.25) is 10.0 Å². The van der Waals surface area contributed by atoms with Gasteiger partial charge >= 0.3 is 0 Å². The third-order valence-corrected chi connectivity index (χ3v) is 6.61. The molecule has 0 aliphatic carbocycles. The van der Waals surface area contributed by atoms with Crippen LogP contribution in [0, 0.1) is 0 Å². The molecule has 29 heavy (non-hydrogen) atoms. The number of hydrogen-bond donors (Lipinski definition) is 1. The Bertz CT molecular complexity index is 1040. The van der Waals surface area contributed by atoms with Crippen LogP contribution in [0.3, 0.4) is 0 Å². The van der Waals surface area contributed by atoms with Crippen LogP contribution >= 0.6 is 35.0 Å². The number of furan rings is 1. The molecule has 1 atom stereocenters. The van der Waals surface area contributed by atoms with Gasteiger partial charge in [-0.3, -0.25) is 9.59 Å². The van der Waals surface area contributed by atoms with Crippen molar-refractivity contribution in [3.63, 3.8) is 0 Å². The lowest BCUT2D eigenvalue weighted by molar-refractivity contribution is -0.128. The van der Waals surface area contributed by atoms with Gasteiger partial charge in [-0.2, -0.15) is 0 Å². The summed E-state index contributed by atoms with van der Waals surface area (Å²) in [5, 5.41) is 3.32. The number of carbonyl (C=O) groups is 2. The molecular formula is C21H16Cl2N2O3S. The zero-order valence-corrected chi connectivity index (χ0v) is 17.4. The van der Waals surface area contributed by atoms with E-state index in [9.17, 15) is 9.59 Å². The number of thioether (sulfide) groups is 1. The minimum atomic E-state index is -0.289. The van der Waals surface area contributed by atoms with Crippen LogP contribution < -0.4 is 5.32 Å². The van der Waals surface area contributed by atoms with Crippen molar-refractivity contribution in [1.29, 1.82) is 0 Å². The van der Waals surface area contributed by atoms with Crippen LogP contribution in [-0.2, 0) is 11.3 Å². The van der Waals surface area contributed by atoms with Gasteiger partial charge in [0.1, 0.15) is 11.1 Å². The standard InChI is InChI=1S/C21H16Cl2N2O3S/c22-16-4-1-5-17(19(16)23)24-20(27)13-6-8-14(9-7-13)21-25(18(26)12-29-21)11-15-3-2-10-28-15/h1-10,21H,11-12H2,(H,24,27). The number of nitrogens with zero attached hydrogens (tertiary/aromatic N) is 1. The molecule has 2 heterocycles. The quantitative estimate of drug-likeness (QED) is 0.552. The Morgan fingerprint density at radius 3 is 2.66 bits per heavy atom. The third kappa shape index (κ3) is 4.29. The number of anilines is 1. The predicted octanol–water partition coefficient (Wildman–Crippen LogP) is 5.61. The fourth-order valence-electron chi connectivity index (χ4n) is 3.07. The zero-order chi connectivity index (χ0) is 20.4. The molecule has 1 aliphatic rings. The van der Waals surface area contributed by atoms with E-state index in [-0.39, 0.29) is 17.2 Å². The van der Waals surface area contributed by atoms with E-state index in [4.69, 9.17) is 27.6 Å². The van der Waals surface area contributed by atoms with Crippen molar-refractivity contribution >= 4 is 52.5 Å². The predicted molar refractivity (Wildman–Crippen MR) is 115 cm³/mol. The highest BCUT2D eigenvalue weighted by atomic mass is 35.5. The minimum Gasteiger partial charge on any atom is -0.467 e. The van der Waals surface area contributed by atoms with Crippen molar-refractivity contribution in [3.05, 3.63) is 87.8 Å². The maximum absolute atomic E-state index is 12.5. The number of benzene rings is 2. The summed E-state index contributed by atoms with van der Waals surface area (Å²) in [6, 6.07) is 15.9. The largest absolute Gasteiger partial charge is 0.467 e. The van der Waals surface area contributed by atoms with Gasteiger partial charge < -0.3 is 14.6 Å². The summed E-state index contributed by atoms with van der Waals surface area (Å²) in [5.74, 6) is 0.929. The SMILES string of the molecule is O=C(Nc1cccc(Cl)c1Cl)c1ccc(C2SCC(=O)N2Cc2ccco2)cc1. The lowest BCUT2D eigenvalue weighted by Crippen LogP contribution is -2.27. The molecule has 5 nitrogen and oxygen atoms in total. The summed E-state index contributed by atoms with van der Waals surface area (Å²) >= 11 is 13.7. The Morgan fingerprint density at radius 1 is 1.14 bits per heavy atom. The van der Waals surface area contributed by atoms with Gasteiger partial charge in [-0.25, -0.2) is 0 Å². The molecule has 0 spiro atoms. The Morgan fingerprint density at radius 2 is 1.93 bits per heavy atom. The second-order valence-electron chi connectivity index (χ2n) is 6.44. The van der Waals surface area contributed by atoms with Crippen molar-refractivity contribution in [1.82, 2.24) is 4.90 Å². The topological polar surface area (TPSA) is 62.6 Å². The monoisotopic (exact) mass is 446 g/mol. The maximum atomic E-state index is 12.5. The van der Waals surface area contributed by atoms with Gasteiger partial charge in [-0.15, -0.1) is 11.8 Å². The normalized spacial score (nSPS) is 16.3. The van der Waals surface area contributed by atoms with Crippen molar-refractivity contribution in [3.8, 4) is 0 Å². The van der Waals surface area contributed by atoms with E-state index >= 15 is 0 Å². The van der Waals surface area contributed by atoms with E-state index in [0.29, 0.717) is 33.6 Å². The summed E-state index contributed by atoms with van der Waals surface area (Å²) in [6.07, 6.45) is 1.59. The molecule has 0 radical (unpaired) electrons. The van der Waals surface area contributed by atoms with Gasteiger partial charge in [0.05, 0.1) is 34.3 Å². The van der Waals surface area contributed by atoms with Crippen LogP contribution in [-0.4, -0.2) is 22.5 Å². The van der Waals surface area contributed by atoms with Crippen molar-refractivity contribution in [2.45, 2.75) is 11.9 Å². The van der Waals surface area contributed by atoms with Crippen LogP contribution in [0.1, 0.15) is 27.1 Å². The molecule has 4 rings (SSSR count). The van der Waals surface area contributed by atoms with E-state index < -0.39 is 0 Å². The molecule has 1 aliphatic heterocycles. The first-order valence-electron chi connectivity index (χ1n) is 8.81. The number of nitrogens with one attached hydrogen (secondary N) is 1. The van der Waals surface area contributed by atoms with Crippen molar-refractivity contribution < 1.29 is 14.0 Å². The average Bonchev–Trinajstić information content (AvgIpc) is 3.36. The smallest absolute Gasteiger partial charge is 0.255 e. The summed E-state index contributed by atoms with van der Waals surface area (Å²) in [4.78, 5) is 26.6. The van der Waals surface area contributed by atoms with Crippen LogP contribution in [0.25, 0.3) is 0 Å². The molecule has 1 N–H and O–H groups in total. The second kappa shape index (κ2) is 8.53.